The van der Waals surface area contributed by atoms with E-state index in [1.807, 2.05) is 30.3 Å². The maximum Gasteiger partial charge on any atom is 0.325 e. The number of rotatable bonds is 8. The first-order valence-corrected chi connectivity index (χ1v) is 8.53. The largest absolute Gasteiger partial charge is 0.465 e. The second-order valence-corrected chi connectivity index (χ2v) is 5.60. The fourth-order valence-corrected chi connectivity index (χ4v) is 2.30. The normalized spacial score (nSPS) is 11.1. The van der Waals surface area contributed by atoms with E-state index in [0.717, 1.165) is 5.56 Å². The number of esters is 1. The van der Waals surface area contributed by atoms with Crippen LogP contribution in [-0.2, 0) is 20.7 Å². The van der Waals surface area contributed by atoms with Gasteiger partial charge >= 0.3 is 12.0 Å². The average Bonchev–Trinajstić information content (AvgIpc) is 2.68. The lowest BCUT2D eigenvalue weighted by Crippen LogP contribution is -2.50. The Morgan fingerprint density at radius 1 is 1.07 bits per heavy atom. The number of anilines is 1. The molecule has 142 valence electrons. The van der Waals surface area contributed by atoms with Gasteiger partial charge < -0.3 is 20.7 Å². The molecule has 1 atom stereocenters. The lowest BCUT2D eigenvalue weighted by atomic mass is 10.1. The molecule has 2 rings (SSSR count). The number of nitrogens with zero attached hydrogens (tertiary/aromatic N) is 1. The van der Waals surface area contributed by atoms with Crippen LogP contribution in [0.15, 0.2) is 54.9 Å². The van der Waals surface area contributed by atoms with Crippen molar-refractivity contribution in [2.45, 2.75) is 19.4 Å². The topological polar surface area (TPSA) is 109 Å². The van der Waals surface area contributed by atoms with Gasteiger partial charge in [0.2, 0.25) is 5.91 Å². The fourth-order valence-electron chi connectivity index (χ4n) is 2.30. The van der Waals surface area contributed by atoms with Crippen LogP contribution in [0, 0.1) is 0 Å². The summed E-state index contributed by atoms with van der Waals surface area (Å²) in [5, 5.41) is 7.72. The van der Waals surface area contributed by atoms with E-state index in [1.54, 1.807) is 31.5 Å². The molecule has 8 nitrogen and oxygen atoms in total. The van der Waals surface area contributed by atoms with E-state index in [0.29, 0.717) is 12.1 Å². The van der Waals surface area contributed by atoms with E-state index < -0.39 is 18.0 Å². The van der Waals surface area contributed by atoms with Crippen LogP contribution in [0.1, 0.15) is 12.5 Å². The molecule has 0 aliphatic carbocycles. The van der Waals surface area contributed by atoms with Gasteiger partial charge in [0.05, 0.1) is 6.61 Å². The van der Waals surface area contributed by atoms with Crippen LogP contribution in [0.25, 0.3) is 0 Å². The maximum atomic E-state index is 12.6. The summed E-state index contributed by atoms with van der Waals surface area (Å²) < 4.78 is 4.75. The molecule has 1 heterocycles. The smallest absolute Gasteiger partial charge is 0.325 e. The van der Waals surface area contributed by atoms with Crippen LogP contribution in [0.2, 0.25) is 0 Å². The summed E-state index contributed by atoms with van der Waals surface area (Å²) in [6.07, 6.45) is 3.41. The zero-order chi connectivity index (χ0) is 19.5. The molecule has 27 heavy (non-hydrogen) atoms. The van der Waals surface area contributed by atoms with Gasteiger partial charge in [-0.25, -0.2) is 4.79 Å². The van der Waals surface area contributed by atoms with Gasteiger partial charge in [-0.1, -0.05) is 30.3 Å². The second kappa shape index (κ2) is 10.5. The minimum atomic E-state index is -0.831. The molecule has 1 aromatic carbocycles. The zero-order valence-electron chi connectivity index (χ0n) is 15.0. The molecular weight excluding hydrogens is 348 g/mol. The second-order valence-electron chi connectivity index (χ2n) is 5.60. The predicted molar refractivity (Wildman–Crippen MR) is 100.0 cm³/mol. The van der Waals surface area contributed by atoms with Gasteiger partial charge in [0.1, 0.15) is 12.6 Å². The number of ether oxygens (including phenoxy) is 1. The van der Waals surface area contributed by atoms with Crippen LogP contribution in [-0.4, -0.2) is 42.1 Å². The number of aromatic nitrogens is 1. The number of hydrogen-bond acceptors (Lipinski definition) is 5. The number of amides is 3. The Balaban J connectivity index is 2.01. The van der Waals surface area contributed by atoms with E-state index >= 15 is 0 Å². The SMILES string of the molecule is CCOC(=O)CNC(=O)N[C@@H](Cc1ccccc1)C(=O)Nc1ccncc1. The molecule has 0 aliphatic rings. The third-order valence-corrected chi connectivity index (χ3v) is 3.55. The predicted octanol–water partition coefficient (Wildman–Crippen LogP) is 1.49. The van der Waals surface area contributed by atoms with Crippen molar-refractivity contribution < 1.29 is 19.1 Å². The molecule has 8 heteroatoms. The van der Waals surface area contributed by atoms with E-state index in [4.69, 9.17) is 4.74 Å². The summed E-state index contributed by atoms with van der Waals surface area (Å²) >= 11 is 0. The van der Waals surface area contributed by atoms with Gasteiger partial charge in [-0.3, -0.25) is 14.6 Å². The van der Waals surface area contributed by atoms with Crippen molar-refractivity contribution in [1.29, 1.82) is 0 Å². The minimum Gasteiger partial charge on any atom is -0.465 e. The highest BCUT2D eigenvalue weighted by Gasteiger charge is 2.21. The van der Waals surface area contributed by atoms with E-state index in [2.05, 4.69) is 20.9 Å². The molecule has 0 unspecified atom stereocenters. The van der Waals surface area contributed by atoms with Crippen molar-refractivity contribution in [2.24, 2.45) is 0 Å². The Hall–Kier alpha value is -3.42. The molecule has 0 radical (unpaired) electrons. The first-order chi connectivity index (χ1) is 13.1. The molecule has 0 spiro atoms. The van der Waals surface area contributed by atoms with Gasteiger partial charge in [0, 0.05) is 24.5 Å². The molecule has 3 N–H and O–H groups in total. The number of pyridine rings is 1. The number of carbonyl (C=O) groups is 3. The summed E-state index contributed by atoms with van der Waals surface area (Å²) in [5.41, 5.74) is 1.46. The molecule has 2 aromatic rings. The Morgan fingerprint density at radius 2 is 1.78 bits per heavy atom. The Bertz CT molecular complexity index is 753. The van der Waals surface area contributed by atoms with Crippen LogP contribution in [0.5, 0.6) is 0 Å². The van der Waals surface area contributed by atoms with Gasteiger partial charge in [0.25, 0.3) is 0 Å². The third-order valence-electron chi connectivity index (χ3n) is 3.55. The van der Waals surface area contributed by atoms with Crippen molar-refractivity contribution >= 4 is 23.6 Å². The number of urea groups is 1. The van der Waals surface area contributed by atoms with Crippen molar-refractivity contribution in [1.82, 2.24) is 15.6 Å². The highest BCUT2D eigenvalue weighted by molar-refractivity contribution is 5.97. The van der Waals surface area contributed by atoms with Crippen molar-refractivity contribution in [3.63, 3.8) is 0 Å². The molecular formula is C19H22N4O4. The zero-order valence-corrected chi connectivity index (χ0v) is 15.0. The lowest BCUT2D eigenvalue weighted by molar-refractivity contribution is -0.141. The molecule has 3 amide bonds. The monoisotopic (exact) mass is 370 g/mol. The third kappa shape index (κ3) is 7.15. The number of benzene rings is 1. The molecule has 0 fully saturated rings. The number of nitrogens with one attached hydrogen (secondary N) is 3. The van der Waals surface area contributed by atoms with Crippen molar-refractivity contribution in [2.75, 3.05) is 18.5 Å². The summed E-state index contributed by atoms with van der Waals surface area (Å²) in [6.45, 7) is 1.63. The van der Waals surface area contributed by atoms with Crippen LogP contribution in [0.4, 0.5) is 10.5 Å². The van der Waals surface area contributed by atoms with Crippen molar-refractivity contribution in [3.05, 3.63) is 60.4 Å². The van der Waals surface area contributed by atoms with E-state index in [1.165, 1.54) is 0 Å². The van der Waals surface area contributed by atoms with Gasteiger partial charge in [-0.15, -0.1) is 0 Å². The summed E-state index contributed by atoms with van der Waals surface area (Å²) in [5.74, 6) is -0.926. The Labute approximate surface area is 157 Å². The summed E-state index contributed by atoms with van der Waals surface area (Å²) in [6, 6.07) is 11.2. The molecule has 0 bridgehead atoms. The first kappa shape index (κ1) is 19.9. The highest BCUT2D eigenvalue weighted by atomic mass is 16.5. The van der Waals surface area contributed by atoms with Gasteiger partial charge in [-0.05, 0) is 24.6 Å². The first-order valence-electron chi connectivity index (χ1n) is 8.53. The van der Waals surface area contributed by atoms with Crippen LogP contribution < -0.4 is 16.0 Å². The van der Waals surface area contributed by atoms with Gasteiger partial charge in [-0.2, -0.15) is 0 Å². The molecule has 1 aromatic heterocycles. The lowest BCUT2D eigenvalue weighted by Gasteiger charge is -2.19. The molecule has 0 aliphatic heterocycles. The van der Waals surface area contributed by atoms with Gasteiger partial charge in [0.15, 0.2) is 0 Å². The van der Waals surface area contributed by atoms with Crippen molar-refractivity contribution in [3.8, 4) is 0 Å². The molecule has 0 saturated carbocycles. The van der Waals surface area contributed by atoms with E-state index in [9.17, 15) is 14.4 Å². The highest BCUT2D eigenvalue weighted by Crippen LogP contribution is 2.08. The minimum absolute atomic E-state index is 0.229. The summed E-state index contributed by atoms with van der Waals surface area (Å²) in [7, 11) is 0. The van der Waals surface area contributed by atoms with E-state index in [-0.39, 0.29) is 19.1 Å². The Morgan fingerprint density at radius 3 is 2.44 bits per heavy atom. The van der Waals surface area contributed by atoms with Crippen LogP contribution >= 0.6 is 0 Å². The molecule has 0 saturated heterocycles. The van der Waals surface area contributed by atoms with Crippen LogP contribution in [0.3, 0.4) is 0 Å². The Kier molecular flexibility index (Phi) is 7.77. The quantitative estimate of drug-likeness (QED) is 0.610. The number of carbonyl (C=O) groups excluding carboxylic acids is 3. The standard InChI is InChI=1S/C19H22N4O4/c1-2-27-17(24)13-21-19(26)23-16(12-14-6-4-3-5-7-14)18(25)22-15-8-10-20-11-9-15/h3-11,16H,2,12-13H2,1H3,(H,20,22,25)(H2,21,23,26)/t16-/m0/s1. The average molecular weight is 370 g/mol. The number of hydrogen-bond donors (Lipinski definition) is 3. The maximum absolute atomic E-state index is 12.6. The fraction of sp³-hybridized carbons (Fsp3) is 0.263. The summed E-state index contributed by atoms with van der Waals surface area (Å²) in [4.78, 5) is 40.0.